The van der Waals surface area contributed by atoms with Crippen LogP contribution < -0.4 is 5.32 Å². The number of thiophene rings is 1. The zero-order valence-electron chi connectivity index (χ0n) is 17.5. The van der Waals surface area contributed by atoms with Gasteiger partial charge in [0.05, 0.1) is 4.88 Å². The molecule has 1 saturated heterocycles. The monoisotopic (exact) mass is 444 g/mol. The first-order valence-corrected chi connectivity index (χ1v) is 11.0. The summed E-state index contributed by atoms with van der Waals surface area (Å²) in [6, 6.07) is 18.3. The molecule has 0 bridgehead atoms. The van der Waals surface area contributed by atoms with E-state index in [9.17, 15) is 9.59 Å². The van der Waals surface area contributed by atoms with E-state index in [1.807, 2.05) is 79.9 Å². The minimum atomic E-state index is -1.33. The van der Waals surface area contributed by atoms with E-state index in [1.54, 1.807) is 0 Å². The van der Waals surface area contributed by atoms with Gasteiger partial charge in [-0.2, -0.15) is 4.98 Å². The number of benzene rings is 2. The van der Waals surface area contributed by atoms with Crippen molar-refractivity contribution in [1.82, 2.24) is 20.4 Å². The molecule has 1 N–H and O–H groups in total. The van der Waals surface area contributed by atoms with Crippen molar-refractivity contribution in [2.24, 2.45) is 0 Å². The molecule has 4 aromatic rings. The molecule has 5 rings (SSSR count). The number of nitrogens with one attached hydrogen (secondary N) is 1. The highest BCUT2D eigenvalue weighted by atomic mass is 32.1. The standard InChI is InChI=1S/C24H20N4O3S/c1-15-10-11-18(13-16(15)2)24(17-7-4-3-5-8-17)22(29)28(23(30)26-24)14-20-25-21(27-31-20)19-9-6-12-32-19/h3-13H,14H2,1-2H3,(H,26,30)/t24-/m0/s1. The van der Waals surface area contributed by atoms with Crippen LogP contribution in [-0.4, -0.2) is 27.0 Å². The highest BCUT2D eigenvalue weighted by molar-refractivity contribution is 7.13. The molecule has 1 aliphatic heterocycles. The first kappa shape index (κ1) is 20.1. The fraction of sp³-hybridized carbons (Fsp3) is 0.167. The molecule has 0 aliphatic carbocycles. The lowest BCUT2D eigenvalue weighted by Crippen LogP contribution is -2.45. The summed E-state index contributed by atoms with van der Waals surface area (Å²) in [5.41, 5.74) is 2.22. The Morgan fingerprint density at radius 3 is 2.53 bits per heavy atom. The molecule has 2 aromatic carbocycles. The molecule has 0 saturated carbocycles. The predicted octanol–water partition coefficient (Wildman–Crippen LogP) is 4.41. The summed E-state index contributed by atoms with van der Waals surface area (Å²) in [5, 5.41) is 8.85. The molecule has 1 aliphatic rings. The van der Waals surface area contributed by atoms with Crippen LogP contribution in [0.1, 0.15) is 28.1 Å². The van der Waals surface area contributed by atoms with E-state index in [0.29, 0.717) is 17.0 Å². The molecule has 3 heterocycles. The van der Waals surface area contributed by atoms with Crippen LogP contribution >= 0.6 is 11.3 Å². The first-order valence-electron chi connectivity index (χ1n) is 10.1. The second-order valence-corrected chi connectivity index (χ2v) is 8.67. The lowest BCUT2D eigenvalue weighted by atomic mass is 9.81. The Morgan fingerprint density at radius 2 is 1.81 bits per heavy atom. The van der Waals surface area contributed by atoms with Gasteiger partial charge >= 0.3 is 6.03 Å². The molecule has 1 fully saturated rings. The summed E-state index contributed by atoms with van der Waals surface area (Å²) in [6.45, 7) is 3.89. The van der Waals surface area contributed by atoms with Crippen LogP contribution in [0.3, 0.4) is 0 Å². The molecule has 7 nitrogen and oxygen atoms in total. The average molecular weight is 445 g/mol. The molecule has 160 valence electrons. The van der Waals surface area contributed by atoms with E-state index >= 15 is 0 Å². The second-order valence-electron chi connectivity index (χ2n) is 7.73. The normalized spacial score (nSPS) is 18.2. The number of urea groups is 1. The maximum absolute atomic E-state index is 13.8. The lowest BCUT2D eigenvalue weighted by Gasteiger charge is -2.28. The molecule has 8 heteroatoms. The van der Waals surface area contributed by atoms with E-state index in [0.717, 1.165) is 20.9 Å². The summed E-state index contributed by atoms with van der Waals surface area (Å²) in [4.78, 5) is 33.2. The summed E-state index contributed by atoms with van der Waals surface area (Å²) in [7, 11) is 0. The van der Waals surface area contributed by atoms with Crippen LogP contribution in [-0.2, 0) is 16.9 Å². The third-order valence-corrected chi connectivity index (χ3v) is 6.62. The van der Waals surface area contributed by atoms with Gasteiger partial charge < -0.3 is 9.84 Å². The summed E-state index contributed by atoms with van der Waals surface area (Å²) in [6.07, 6.45) is 0. The van der Waals surface area contributed by atoms with Crippen LogP contribution in [0, 0.1) is 13.8 Å². The number of nitrogens with zero attached hydrogens (tertiary/aromatic N) is 3. The van der Waals surface area contributed by atoms with Gasteiger partial charge in [-0.25, -0.2) is 4.79 Å². The first-order chi connectivity index (χ1) is 15.5. The fourth-order valence-electron chi connectivity index (χ4n) is 3.90. The lowest BCUT2D eigenvalue weighted by molar-refractivity contribution is -0.130. The SMILES string of the molecule is Cc1ccc([C@]2(c3ccccc3)NC(=O)N(Cc3nc(-c4cccs4)no3)C2=O)cc1C. The minimum Gasteiger partial charge on any atom is -0.337 e. The van der Waals surface area contributed by atoms with Gasteiger partial charge in [0.1, 0.15) is 6.54 Å². The van der Waals surface area contributed by atoms with E-state index in [2.05, 4.69) is 15.5 Å². The zero-order valence-corrected chi connectivity index (χ0v) is 18.3. The number of imide groups is 1. The topological polar surface area (TPSA) is 88.3 Å². The molecular weight excluding hydrogens is 424 g/mol. The highest BCUT2D eigenvalue weighted by Gasteiger charge is 2.54. The van der Waals surface area contributed by atoms with Crippen LogP contribution in [0.5, 0.6) is 0 Å². The van der Waals surface area contributed by atoms with Crippen molar-refractivity contribution >= 4 is 23.3 Å². The number of amides is 3. The van der Waals surface area contributed by atoms with Crippen LogP contribution in [0.25, 0.3) is 10.7 Å². The van der Waals surface area contributed by atoms with E-state index in [-0.39, 0.29) is 18.3 Å². The summed E-state index contributed by atoms with van der Waals surface area (Å²) < 4.78 is 5.33. The molecule has 1 atom stereocenters. The van der Waals surface area contributed by atoms with Gasteiger partial charge in [-0.1, -0.05) is 59.8 Å². The number of aryl methyl sites for hydroxylation is 2. The van der Waals surface area contributed by atoms with E-state index in [1.165, 1.54) is 11.3 Å². The second kappa shape index (κ2) is 7.72. The number of aromatic nitrogens is 2. The number of carbonyl (C=O) groups excluding carboxylic acids is 2. The highest BCUT2D eigenvalue weighted by Crippen LogP contribution is 2.37. The van der Waals surface area contributed by atoms with Crippen LogP contribution in [0.15, 0.2) is 70.6 Å². The fourth-order valence-corrected chi connectivity index (χ4v) is 4.55. The van der Waals surface area contributed by atoms with Crippen molar-refractivity contribution < 1.29 is 14.1 Å². The quantitative estimate of drug-likeness (QED) is 0.461. The predicted molar refractivity (Wildman–Crippen MR) is 120 cm³/mol. The maximum atomic E-state index is 13.8. The molecule has 3 amide bonds. The zero-order chi connectivity index (χ0) is 22.3. The van der Waals surface area contributed by atoms with E-state index < -0.39 is 11.6 Å². The van der Waals surface area contributed by atoms with Gasteiger partial charge in [0.15, 0.2) is 5.54 Å². The van der Waals surface area contributed by atoms with Gasteiger partial charge in [0.2, 0.25) is 11.7 Å². The number of hydrogen-bond acceptors (Lipinski definition) is 6. The Hall–Kier alpha value is -3.78. The molecule has 0 spiro atoms. The van der Waals surface area contributed by atoms with Gasteiger partial charge in [0.25, 0.3) is 5.91 Å². The average Bonchev–Trinajstić information content (AvgIpc) is 3.54. The summed E-state index contributed by atoms with van der Waals surface area (Å²) >= 11 is 1.49. The Labute approximate surface area is 188 Å². The van der Waals surface area contributed by atoms with Gasteiger partial charge in [-0.3, -0.25) is 9.69 Å². The molecule has 0 unspecified atom stereocenters. The van der Waals surface area contributed by atoms with Crippen LogP contribution in [0.4, 0.5) is 4.79 Å². The van der Waals surface area contributed by atoms with Gasteiger partial charge in [-0.15, -0.1) is 11.3 Å². The van der Waals surface area contributed by atoms with Crippen molar-refractivity contribution in [1.29, 1.82) is 0 Å². The van der Waals surface area contributed by atoms with Crippen molar-refractivity contribution in [3.05, 3.63) is 94.2 Å². The van der Waals surface area contributed by atoms with Crippen molar-refractivity contribution in [3.8, 4) is 10.7 Å². The smallest absolute Gasteiger partial charge is 0.326 e. The third kappa shape index (κ3) is 3.20. The largest absolute Gasteiger partial charge is 0.337 e. The third-order valence-electron chi connectivity index (χ3n) is 5.76. The summed E-state index contributed by atoms with van der Waals surface area (Å²) in [5.74, 6) is 0.249. The van der Waals surface area contributed by atoms with Gasteiger partial charge in [0, 0.05) is 0 Å². The minimum absolute atomic E-state index is 0.109. The molecule has 2 aromatic heterocycles. The van der Waals surface area contributed by atoms with Crippen molar-refractivity contribution in [2.75, 3.05) is 0 Å². The Balaban J connectivity index is 1.54. The Morgan fingerprint density at radius 1 is 1.00 bits per heavy atom. The number of rotatable bonds is 5. The molecular formula is C24H20N4O3S. The maximum Gasteiger partial charge on any atom is 0.326 e. The van der Waals surface area contributed by atoms with Gasteiger partial charge in [-0.05, 0) is 47.5 Å². The Kier molecular flexibility index (Phi) is 4.86. The van der Waals surface area contributed by atoms with Crippen molar-refractivity contribution in [3.63, 3.8) is 0 Å². The molecule has 0 radical (unpaired) electrons. The Bertz CT molecular complexity index is 1300. The van der Waals surface area contributed by atoms with Crippen LogP contribution in [0.2, 0.25) is 0 Å². The van der Waals surface area contributed by atoms with Crippen molar-refractivity contribution in [2.45, 2.75) is 25.9 Å². The van der Waals surface area contributed by atoms with E-state index in [4.69, 9.17) is 4.52 Å². The molecule has 32 heavy (non-hydrogen) atoms. The number of carbonyl (C=O) groups is 2. The number of hydrogen-bond donors (Lipinski definition) is 1.